The summed E-state index contributed by atoms with van der Waals surface area (Å²) in [6.45, 7) is 2.37. The minimum Gasteiger partial charge on any atom is -0.342 e. The zero-order valence-electron chi connectivity index (χ0n) is 18.9. The van der Waals surface area contributed by atoms with Gasteiger partial charge in [-0.2, -0.15) is 0 Å². The number of carbonyl (C=O) groups is 1. The molecule has 2 aromatic rings. The van der Waals surface area contributed by atoms with E-state index < -0.39 is 0 Å². The second kappa shape index (κ2) is 13.1. The van der Waals surface area contributed by atoms with Crippen molar-refractivity contribution in [3.8, 4) is 0 Å². The fourth-order valence-corrected chi connectivity index (χ4v) is 4.64. The Morgan fingerprint density at radius 1 is 1.00 bits per heavy atom. The number of hydrogen-bond donors (Lipinski definition) is 1. The van der Waals surface area contributed by atoms with E-state index in [4.69, 9.17) is 0 Å². The third-order valence-corrected chi connectivity index (χ3v) is 6.49. The second-order valence-electron chi connectivity index (χ2n) is 8.40. The van der Waals surface area contributed by atoms with Gasteiger partial charge in [0.1, 0.15) is 0 Å². The van der Waals surface area contributed by atoms with Crippen LogP contribution in [0.3, 0.4) is 0 Å². The SMILES string of the molecule is CNCC(CCc1ccccc1)C(=O)N1CCC(c2ccccc2)(N(C)C)CC1.Cl.Cl. The predicted molar refractivity (Wildman–Crippen MR) is 134 cm³/mol. The zero-order chi connectivity index (χ0) is 20.7. The van der Waals surface area contributed by atoms with Gasteiger partial charge in [-0.15, -0.1) is 24.8 Å². The van der Waals surface area contributed by atoms with Crippen LogP contribution in [0.5, 0.6) is 0 Å². The van der Waals surface area contributed by atoms with Gasteiger partial charge in [-0.3, -0.25) is 9.69 Å². The van der Waals surface area contributed by atoms with E-state index in [2.05, 4.69) is 83.8 Å². The lowest BCUT2D eigenvalue weighted by Gasteiger charge is -2.47. The first-order valence-corrected chi connectivity index (χ1v) is 10.8. The van der Waals surface area contributed by atoms with E-state index in [-0.39, 0.29) is 36.3 Å². The Kier molecular flexibility index (Phi) is 11.6. The highest BCUT2D eigenvalue weighted by molar-refractivity contribution is 5.85. The van der Waals surface area contributed by atoms with Gasteiger partial charge in [-0.05, 0) is 58.0 Å². The number of benzene rings is 2. The molecule has 1 aliphatic heterocycles. The molecule has 0 aromatic heterocycles. The number of amides is 1. The van der Waals surface area contributed by atoms with Gasteiger partial charge in [0.05, 0.1) is 5.92 Å². The molecule has 1 saturated heterocycles. The van der Waals surface area contributed by atoms with E-state index in [1.165, 1.54) is 11.1 Å². The molecule has 3 rings (SSSR count). The number of nitrogens with zero attached hydrogens (tertiary/aromatic N) is 2. The second-order valence-corrected chi connectivity index (χ2v) is 8.40. The quantitative estimate of drug-likeness (QED) is 0.628. The van der Waals surface area contributed by atoms with Crippen LogP contribution in [0.15, 0.2) is 60.7 Å². The largest absolute Gasteiger partial charge is 0.342 e. The summed E-state index contributed by atoms with van der Waals surface area (Å²) >= 11 is 0. The maximum atomic E-state index is 13.3. The molecule has 1 heterocycles. The highest BCUT2D eigenvalue weighted by Crippen LogP contribution is 2.37. The number of aryl methyl sites for hydroxylation is 1. The van der Waals surface area contributed by atoms with Gasteiger partial charge >= 0.3 is 0 Å². The first-order chi connectivity index (χ1) is 14.1. The Hall–Kier alpha value is -1.59. The van der Waals surface area contributed by atoms with Crippen LogP contribution in [0.4, 0.5) is 0 Å². The summed E-state index contributed by atoms with van der Waals surface area (Å²) < 4.78 is 0. The van der Waals surface area contributed by atoms with Gasteiger partial charge in [0.2, 0.25) is 5.91 Å². The summed E-state index contributed by atoms with van der Waals surface area (Å²) in [7, 11) is 6.26. The van der Waals surface area contributed by atoms with Crippen molar-refractivity contribution >= 4 is 30.7 Å². The number of nitrogens with one attached hydrogen (secondary N) is 1. The van der Waals surface area contributed by atoms with E-state index in [9.17, 15) is 4.79 Å². The molecule has 172 valence electrons. The normalized spacial score (nSPS) is 16.2. The van der Waals surface area contributed by atoms with E-state index >= 15 is 0 Å². The average Bonchev–Trinajstić information content (AvgIpc) is 2.77. The van der Waals surface area contributed by atoms with Crippen LogP contribution in [0.25, 0.3) is 0 Å². The summed E-state index contributed by atoms with van der Waals surface area (Å²) in [4.78, 5) is 17.7. The van der Waals surface area contributed by atoms with Gasteiger partial charge in [0.25, 0.3) is 0 Å². The standard InChI is InChI=1S/C25H35N3O.2ClH/c1-26-20-22(15-14-21-10-6-4-7-11-21)24(29)28-18-16-25(17-19-28,27(2)3)23-12-8-5-9-13-23;;/h4-13,22,26H,14-20H2,1-3H3;2*1H. The van der Waals surface area contributed by atoms with Gasteiger partial charge in [0, 0.05) is 25.2 Å². The minimum atomic E-state index is 0. The van der Waals surface area contributed by atoms with Gasteiger partial charge < -0.3 is 10.2 Å². The van der Waals surface area contributed by atoms with Crippen molar-refractivity contribution in [1.29, 1.82) is 0 Å². The Labute approximate surface area is 200 Å². The molecule has 1 N–H and O–H groups in total. The summed E-state index contributed by atoms with van der Waals surface area (Å²) in [5.74, 6) is 0.333. The van der Waals surface area contributed by atoms with Gasteiger partial charge in [-0.25, -0.2) is 0 Å². The molecule has 1 unspecified atom stereocenters. The van der Waals surface area contributed by atoms with Crippen LogP contribution < -0.4 is 5.32 Å². The lowest BCUT2D eigenvalue weighted by Crippen LogP contribution is -2.53. The number of piperidine rings is 1. The van der Waals surface area contributed by atoms with Crippen LogP contribution in [0.1, 0.15) is 30.4 Å². The Balaban J connectivity index is 0.00000240. The summed E-state index contributed by atoms with van der Waals surface area (Å²) in [6, 6.07) is 21.2. The molecule has 0 radical (unpaired) electrons. The number of halogens is 2. The summed E-state index contributed by atoms with van der Waals surface area (Å²) in [6.07, 6.45) is 3.78. The Morgan fingerprint density at radius 3 is 2.06 bits per heavy atom. The molecular formula is C25H37Cl2N3O. The van der Waals surface area contributed by atoms with Crippen molar-refractivity contribution in [2.24, 2.45) is 5.92 Å². The van der Waals surface area contributed by atoms with E-state index in [0.717, 1.165) is 45.3 Å². The van der Waals surface area contributed by atoms with Gasteiger partial charge in [-0.1, -0.05) is 60.7 Å². The molecule has 0 spiro atoms. The molecule has 1 amide bonds. The molecule has 2 aromatic carbocycles. The lowest BCUT2D eigenvalue weighted by atomic mass is 9.79. The molecule has 1 aliphatic rings. The summed E-state index contributed by atoms with van der Waals surface area (Å²) in [5, 5.41) is 3.23. The van der Waals surface area contributed by atoms with Crippen LogP contribution in [-0.4, -0.2) is 56.5 Å². The molecule has 0 aliphatic carbocycles. The van der Waals surface area contributed by atoms with E-state index in [0.29, 0.717) is 5.91 Å². The third kappa shape index (κ3) is 6.69. The smallest absolute Gasteiger partial charge is 0.226 e. The molecule has 4 nitrogen and oxygen atoms in total. The predicted octanol–water partition coefficient (Wildman–Crippen LogP) is 4.38. The van der Waals surface area contributed by atoms with Crippen molar-refractivity contribution in [3.63, 3.8) is 0 Å². The molecule has 1 fully saturated rings. The van der Waals surface area contributed by atoms with Crippen molar-refractivity contribution in [3.05, 3.63) is 71.8 Å². The molecule has 0 saturated carbocycles. The van der Waals surface area contributed by atoms with E-state index in [1.807, 2.05) is 13.1 Å². The van der Waals surface area contributed by atoms with Crippen molar-refractivity contribution in [1.82, 2.24) is 15.1 Å². The highest BCUT2D eigenvalue weighted by Gasteiger charge is 2.40. The molecular weight excluding hydrogens is 429 g/mol. The first kappa shape index (κ1) is 27.4. The van der Waals surface area contributed by atoms with Crippen LogP contribution >= 0.6 is 24.8 Å². The topological polar surface area (TPSA) is 35.6 Å². The maximum Gasteiger partial charge on any atom is 0.226 e. The third-order valence-electron chi connectivity index (χ3n) is 6.49. The first-order valence-electron chi connectivity index (χ1n) is 10.8. The number of likely N-dealkylation sites (tertiary alicyclic amines) is 1. The zero-order valence-corrected chi connectivity index (χ0v) is 20.6. The minimum absolute atomic E-state index is 0. The number of hydrogen-bond acceptors (Lipinski definition) is 3. The molecule has 1 atom stereocenters. The number of rotatable bonds is 8. The van der Waals surface area contributed by atoms with E-state index in [1.54, 1.807) is 0 Å². The molecule has 31 heavy (non-hydrogen) atoms. The average molecular weight is 466 g/mol. The maximum absolute atomic E-state index is 13.3. The van der Waals surface area contributed by atoms with Crippen LogP contribution in [0, 0.1) is 5.92 Å². The monoisotopic (exact) mass is 465 g/mol. The Bertz CT molecular complexity index is 763. The van der Waals surface area contributed by atoms with Crippen LogP contribution in [0.2, 0.25) is 0 Å². The van der Waals surface area contributed by atoms with Crippen molar-refractivity contribution in [2.45, 2.75) is 31.2 Å². The molecule has 6 heteroatoms. The molecule has 0 bridgehead atoms. The lowest BCUT2D eigenvalue weighted by molar-refractivity contribution is -0.138. The fourth-order valence-electron chi connectivity index (χ4n) is 4.64. The number of carbonyl (C=O) groups excluding carboxylic acids is 1. The summed E-state index contributed by atoms with van der Waals surface area (Å²) in [5.41, 5.74) is 2.67. The highest BCUT2D eigenvalue weighted by atomic mass is 35.5. The fraction of sp³-hybridized carbons (Fsp3) is 0.480. The Morgan fingerprint density at radius 2 is 1.55 bits per heavy atom. The van der Waals surface area contributed by atoms with Crippen molar-refractivity contribution in [2.75, 3.05) is 40.8 Å². The van der Waals surface area contributed by atoms with Crippen LogP contribution in [-0.2, 0) is 16.8 Å². The van der Waals surface area contributed by atoms with Crippen molar-refractivity contribution < 1.29 is 4.79 Å². The van der Waals surface area contributed by atoms with Gasteiger partial charge in [0.15, 0.2) is 0 Å².